The molecule has 0 amide bonds. The molecule has 1 heterocycles. The molecule has 1 aromatic rings. The minimum atomic E-state index is -1.07. The molecule has 2 unspecified atom stereocenters. The predicted molar refractivity (Wildman–Crippen MR) is 84.9 cm³/mol. The maximum absolute atomic E-state index is 12.0. The summed E-state index contributed by atoms with van der Waals surface area (Å²) >= 11 is 0. The van der Waals surface area contributed by atoms with Crippen LogP contribution in [-0.2, 0) is 11.0 Å². The highest BCUT2D eigenvalue weighted by molar-refractivity contribution is 7.83. The average Bonchev–Trinajstić information content (AvgIpc) is 2.37. The topological polar surface area (TPSA) is 55.4 Å². The number of hydrogen-bond donors (Lipinski definition) is 1. The molecular weight excluding hydrogens is 286 g/mol. The number of Topliss-reactive ketones (excluding diaryl/α,β-unsaturated/α-hetero) is 1. The van der Waals surface area contributed by atoms with E-state index < -0.39 is 11.0 Å². The molecule has 0 bridgehead atoms. The zero-order valence-electron chi connectivity index (χ0n) is 13.1. The van der Waals surface area contributed by atoms with E-state index in [4.69, 9.17) is 4.74 Å². The van der Waals surface area contributed by atoms with Crippen LogP contribution < -0.4 is 9.46 Å². The third-order valence-corrected chi connectivity index (χ3v) is 4.86. The summed E-state index contributed by atoms with van der Waals surface area (Å²) in [5.74, 6) is 1.41. The first-order valence-electron chi connectivity index (χ1n) is 7.31. The smallest absolute Gasteiger partial charge is 0.159 e. The van der Waals surface area contributed by atoms with Crippen molar-refractivity contribution in [1.29, 1.82) is 0 Å². The average molecular weight is 309 g/mol. The maximum Gasteiger partial charge on any atom is 0.159 e. The van der Waals surface area contributed by atoms with Crippen molar-refractivity contribution < 1.29 is 13.7 Å². The minimum absolute atomic E-state index is 0.0241. The Kier molecular flexibility index (Phi) is 4.84. The molecular formula is C16H23NO3S. The Bertz CT molecular complexity index is 569. The molecule has 0 saturated heterocycles. The van der Waals surface area contributed by atoms with Crippen LogP contribution in [0.15, 0.2) is 18.2 Å². The van der Waals surface area contributed by atoms with Crippen molar-refractivity contribution >= 4 is 16.8 Å². The highest BCUT2D eigenvalue weighted by Gasteiger charge is 2.34. The highest BCUT2D eigenvalue weighted by atomic mass is 32.2. The summed E-state index contributed by atoms with van der Waals surface area (Å²) in [7, 11) is -1.07. The molecule has 0 spiro atoms. The first kappa shape index (κ1) is 16.2. The Hall–Kier alpha value is -1.20. The molecule has 5 heteroatoms. The van der Waals surface area contributed by atoms with E-state index in [1.165, 1.54) is 0 Å². The number of benzene rings is 1. The van der Waals surface area contributed by atoms with Gasteiger partial charge in [-0.2, -0.15) is 0 Å². The molecule has 0 aliphatic carbocycles. The van der Waals surface area contributed by atoms with Gasteiger partial charge >= 0.3 is 0 Å². The van der Waals surface area contributed by atoms with Gasteiger partial charge in [-0.05, 0) is 45.4 Å². The first-order valence-corrected chi connectivity index (χ1v) is 8.63. The van der Waals surface area contributed by atoms with E-state index in [0.29, 0.717) is 11.3 Å². The third kappa shape index (κ3) is 3.92. The van der Waals surface area contributed by atoms with Gasteiger partial charge in [-0.3, -0.25) is 4.79 Å². The Morgan fingerprint density at radius 3 is 2.81 bits per heavy atom. The van der Waals surface area contributed by atoms with Crippen molar-refractivity contribution in [2.45, 2.75) is 52.2 Å². The molecule has 0 aromatic heterocycles. The molecule has 21 heavy (non-hydrogen) atoms. The van der Waals surface area contributed by atoms with Gasteiger partial charge in [-0.25, -0.2) is 8.93 Å². The second kappa shape index (κ2) is 6.28. The Morgan fingerprint density at radius 2 is 2.19 bits per heavy atom. The lowest BCUT2D eigenvalue weighted by molar-refractivity contribution is 0.0703. The van der Waals surface area contributed by atoms with Crippen LogP contribution in [0.5, 0.6) is 5.75 Å². The number of nitrogens with one attached hydrogen (secondary N) is 1. The Morgan fingerprint density at radius 1 is 1.48 bits per heavy atom. The number of hydrogen-bond acceptors (Lipinski definition) is 3. The molecule has 4 nitrogen and oxygen atoms in total. The molecule has 1 N–H and O–H groups in total. The first-order chi connectivity index (χ1) is 9.82. The standard InChI is InChI=1S/C16H23NO3S/c1-5-8-21(19)17-14-10-16(3,4)20-15-7-6-12(11(2)18)9-13(14)15/h6-7,9,14,17H,5,8,10H2,1-4H3. The number of carbonyl (C=O) groups excluding carboxylic acids is 1. The van der Waals surface area contributed by atoms with Crippen molar-refractivity contribution in [3.05, 3.63) is 29.3 Å². The summed E-state index contributed by atoms with van der Waals surface area (Å²) in [6, 6.07) is 5.41. The number of carbonyl (C=O) groups is 1. The third-order valence-electron chi connectivity index (χ3n) is 3.54. The maximum atomic E-state index is 12.0. The van der Waals surface area contributed by atoms with Crippen LogP contribution in [0.3, 0.4) is 0 Å². The summed E-state index contributed by atoms with van der Waals surface area (Å²) in [6.07, 6.45) is 1.59. The van der Waals surface area contributed by atoms with Gasteiger partial charge in [0.05, 0.1) is 17.0 Å². The van der Waals surface area contributed by atoms with E-state index in [0.717, 1.165) is 24.2 Å². The summed E-state index contributed by atoms with van der Waals surface area (Å²) in [5.41, 5.74) is 1.26. The SMILES string of the molecule is CCCS(=O)NC1CC(C)(C)Oc2ccc(C(C)=O)cc21. The minimum Gasteiger partial charge on any atom is -0.487 e. The lowest BCUT2D eigenvalue weighted by Crippen LogP contribution is -2.40. The molecule has 2 atom stereocenters. The van der Waals surface area contributed by atoms with E-state index in [2.05, 4.69) is 4.72 Å². The van der Waals surface area contributed by atoms with Gasteiger partial charge in [-0.1, -0.05) is 6.92 Å². The molecule has 116 valence electrons. The van der Waals surface area contributed by atoms with Crippen LogP contribution in [0.4, 0.5) is 0 Å². The number of rotatable bonds is 5. The van der Waals surface area contributed by atoms with Crippen LogP contribution in [0, 0.1) is 0 Å². The van der Waals surface area contributed by atoms with Crippen molar-refractivity contribution in [2.24, 2.45) is 0 Å². The number of fused-ring (bicyclic) bond motifs is 1. The zero-order valence-corrected chi connectivity index (χ0v) is 13.9. The summed E-state index contributed by atoms with van der Waals surface area (Å²) in [6.45, 7) is 7.60. The summed E-state index contributed by atoms with van der Waals surface area (Å²) in [5, 5.41) is 0. The van der Waals surface area contributed by atoms with Crippen LogP contribution in [0.25, 0.3) is 0 Å². The van der Waals surface area contributed by atoms with E-state index in [-0.39, 0.29) is 17.4 Å². The van der Waals surface area contributed by atoms with Gasteiger partial charge in [0.1, 0.15) is 11.4 Å². The van der Waals surface area contributed by atoms with E-state index in [9.17, 15) is 9.00 Å². The van der Waals surface area contributed by atoms with Gasteiger partial charge in [0.15, 0.2) is 5.78 Å². The summed E-state index contributed by atoms with van der Waals surface area (Å²) in [4.78, 5) is 11.6. The van der Waals surface area contributed by atoms with Gasteiger partial charge in [-0.15, -0.1) is 0 Å². The fraction of sp³-hybridized carbons (Fsp3) is 0.562. The van der Waals surface area contributed by atoms with E-state index in [1.807, 2.05) is 32.9 Å². The molecule has 0 radical (unpaired) electrons. The Labute approximate surface area is 128 Å². The van der Waals surface area contributed by atoms with Gasteiger partial charge in [0.25, 0.3) is 0 Å². The monoisotopic (exact) mass is 309 g/mol. The molecule has 0 fully saturated rings. The van der Waals surface area contributed by atoms with E-state index in [1.54, 1.807) is 13.0 Å². The molecule has 1 aromatic carbocycles. The van der Waals surface area contributed by atoms with Crippen molar-refractivity contribution in [2.75, 3.05) is 5.75 Å². The zero-order chi connectivity index (χ0) is 15.6. The molecule has 1 aliphatic heterocycles. The van der Waals surface area contributed by atoms with Crippen LogP contribution in [0.1, 0.15) is 62.5 Å². The number of ether oxygens (including phenoxy) is 1. The lowest BCUT2D eigenvalue weighted by Gasteiger charge is -2.37. The quantitative estimate of drug-likeness (QED) is 0.850. The predicted octanol–water partition coefficient (Wildman–Crippen LogP) is 3.15. The largest absolute Gasteiger partial charge is 0.487 e. The van der Waals surface area contributed by atoms with Gasteiger partial charge in [0, 0.05) is 23.3 Å². The van der Waals surface area contributed by atoms with Crippen molar-refractivity contribution in [1.82, 2.24) is 4.72 Å². The van der Waals surface area contributed by atoms with Crippen molar-refractivity contribution in [3.63, 3.8) is 0 Å². The molecule has 2 rings (SSSR count). The van der Waals surface area contributed by atoms with Crippen molar-refractivity contribution in [3.8, 4) is 5.75 Å². The van der Waals surface area contributed by atoms with Crippen LogP contribution in [0.2, 0.25) is 0 Å². The Balaban J connectivity index is 2.35. The van der Waals surface area contributed by atoms with Gasteiger partial charge in [0.2, 0.25) is 0 Å². The van der Waals surface area contributed by atoms with Crippen LogP contribution >= 0.6 is 0 Å². The molecule has 1 aliphatic rings. The lowest BCUT2D eigenvalue weighted by atomic mass is 9.89. The second-order valence-corrected chi connectivity index (χ2v) is 7.43. The van der Waals surface area contributed by atoms with Crippen LogP contribution in [-0.4, -0.2) is 21.3 Å². The molecule has 0 saturated carbocycles. The fourth-order valence-electron chi connectivity index (χ4n) is 2.58. The second-order valence-electron chi connectivity index (χ2n) is 6.09. The summed E-state index contributed by atoms with van der Waals surface area (Å²) < 4.78 is 21.2. The van der Waals surface area contributed by atoms with E-state index >= 15 is 0 Å². The fourth-order valence-corrected chi connectivity index (χ4v) is 3.60. The highest BCUT2D eigenvalue weighted by Crippen LogP contribution is 2.40. The van der Waals surface area contributed by atoms with Gasteiger partial charge < -0.3 is 4.74 Å². The number of ketones is 1. The normalized spacial score (nSPS) is 21.2.